The molecule has 1 aromatic heterocycles. The van der Waals surface area contributed by atoms with Crippen molar-refractivity contribution in [3.8, 4) is 17.2 Å². The molecule has 1 aliphatic rings. The Balaban J connectivity index is 1.49. The predicted molar refractivity (Wildman–Crippen MR) is 113 cm³/mol. The van der Waals surface area contributed by atoms with Gasteiger partial charge in [-0.15, -0.1) is 0 Å². The number of rotatable bonds is 7. The van der Waals surface area contributed by atoms with Gasteiger partial charge >= 0.3 is 0 Å². The number of amides is 1. The van der Waals surface area contributed by atoms with E-state index >= 15 is 0 Å². The molecule has 0 aliphatic carbocycles. The molecule has 2 aromatic carbocycles. The summed E-state index contributed by atoms with van der Waals surface area (Å²) in [6.45, 7) is 3.35. The number of aromatic nitrogens is 1. The lowest BCUT2D eigenvalue weighted by Gasteiger charge is -2.26. The summed E-state index contributed by atoms with van der Waals surface area (Å²) in [4.78, 5) is 16.9. The van der Waals surface area contributed by atoms with E-state index < -0.39 is 0 Å². The number of carbonyl (C=O) groups is 1. The van der Waals surface area contributed by atoms with E-state index in [2.05, 4.69) is 10.3 Å². The molecule has 30 heavy (non-hydrogen) atoms. The Morgan fingerprint density at radius 2 is 1.93 bits per heavy atom. The van der Waals surface area contributed by atoms with Gasteiger partial charge in [0.15, 0.2) is 11.5 Å². The van der Waals surface area contributed by atoms with Gasteiger partial charge in [0.25, 0.3) is 5.91 Å². The topological polar surface area (TPSA) is 69.7 Å². The summed E-state index contributed by atoms with van der Waals surface area (Å²) in [5.41, 5.74) is 2.53. The van der Waals surface area contributed by atoms with Gasteiger partial charge < -0.3 is 19.5 Å². The van der Waals surface area contributed by atoms with Crippen molar-refractivity contribution < 1.29 is 19.0 Å². The number of hydrogen-bond acceptors (Lipinski definition) is 5. The molecule has 1 unspecified atom stereocenters. The average molecular weight is 404 g/mol. The van der Waals surface area contributed by atoms with Crippen molar-refractivity contribution in [2.75, 3.05) is 13.2 Å². The van der Waals surface area contributed by atoms with Gasteiger partial charge in [-0.3, -0.25) is 9.78 Å². The normalized spacial score (nSPS) is 14.9. The van der Waals surface area contributed by atoms with Crippen LogP contribution >= 0.6 is 0 Å². The Hall–Kier alpha value is -3.54. The van der Waals surface area contributed by atoms with Crippen LogP contribution in [0.3, 0.4) is 0 Å². The second-order valence-corrected chi connectivity index (χ2v) is 6.94. The van der Waals surface area contributed by atoms with Crippen molar-refractivity contribution in [1.82, 2.24) is 10.3 Å². The predicted octanol–water partition coefficient (Wildman–Crippen LogP) is 4.31. The minimum atomic E-state index is -0.154. The van der Waals surface area contributed by atoms with Crippen LogP contribution in [0.25, 0.3) is 0 Å². The summed E-state index contributed by atoms with van der Waals surface area (Å²) < 4.78 is 17.3. The van der Waals surface area contributed by atoms with Crippen LogP contribution in [0.2, 0.25) is 0 Å². The zero-order valence-electron chi connectivity index (χ0n) is 16.8. The molecule has 154 valence electrons. The largest absolute Gasteiger partial charge is 0.493 e. The Bertz CT molecular complexity index is 1010. The first-order valence-corrected chi connectivity index (χ1v) is 10.1. The summed E-state index contributed by atoms with van der Waals surface area (Å²) in [7, 11) is 0. The van der Waals surface area contributed by atoms with Crippen molar-refractivity contribution in [3.63, 3.8) is 0 Å². The quantitative estimate of drug-likeness (QED) is 0.635. The van der Waals surface area contributed by atoms with Gasteiger partial charge in [-0.25, -0.2) is 0 Å². The van der Waals surface area contributed by atoms with Crippen molar-refractivity contribution in [1.29, 1.82) is 0 Å². The highest BCUT2D eigenvalue weighted by Crippen LogP contribution is 2.33. The SMILES string of the molecule is CCOc1cc(C(=O)NC2CCOc3ccccc32)ccc1OCc1ccncc1. The van der Waals surface area contributed by atoms with Gasteiger partial charge in [0.2, 0.25) is 0 Å². The second kappa shape index (κ2) is 9.31. The number of para-hydroxylation sites is 1. The lowest BCUT2D eigenvalue weighted by molar-refractivity contribution is 0.0924. The highest BCUT2D eigenvalue weighted by molar-refractivity contribution is 5.95. The van der Waals surface area contributed by atoms with Crippen LogP contribution in [0.4, 0.5) is 0 Å². The monoisotopic (exact) mass is 404 g/mol. The van der Waals surface area contributed by atoms with Crippen molar-refractivity contribution in [2.45, 2.75) is 26.0 Å². The third-order valence-electron chi connectivity index (χ3n) is 4.91. The minimum absolute atomic E-state index is 0.0828. The number of fused-ring (bicyclic) bond motifs is 1. The molecule has 0 saturated heterocycles. The first-order valence-electron chi connectivity index (χ1n) is 10.1. The summed E-state index contributed by atoms with van der Waals surface area (Å²) >= 11 is 0. The van der Waals surface area contributed by atoms with Crippen LogP contribution in [-0.2, 0) is 6.61 Å². The van der Waals surface area contributed by atoms with Gasteiger partial charge in [-0.2, -0.15) is 0 Å². The van der Waals surface area contributed by atoms with Crippen molar-refractivity contribution in [2.24, 2.45) is 0 Å². The van der Waals surface area contributed by atoms with E-state index in [1.807, 2.05) is 43.3 Å². The summed E-state index contributed by atoms with van der Waals surface area (Å²) in [5, 5.41) is 3.12. The molecule has 1 atom stereocenters. The van der Waals surface area contributed by atoms with Gasteiger partial charge in [0.05, 0.1) is 19.3 Å². The van der Waals surface area contributed by atoms with E-state index in [0.717, 1.165) is 23.3 Å². The zero-order chi connectivity index (χ0) is 20.8. The number of hydrogen-bond donors (Lipinski definition) is 1. The fourth-order valence-corrected chi connectivity index (χ4v) is 3.41. The molecule has 0 fully saturated rings. The van der Waals surface area contributed by atoms with E-state index in [1.54, 1.807) is 30.6 Å². The van der Waals surface area contributed by atoms with E-state index in [-0.39, 0.29) is 11.9 Å². The third kappa shape index (κ3) is 4.54. The van der Waals surface area contributed by atoms with Crippen LogP contribution in [0.5, 0.6) is 17.2 Å². The van der Waals surface area contributed by atoms with E-state index in [0.29, 0.717) is 36.9 Å². The maximum Gasteiger partial charge on any atom is 0.251 e. The van der Waals surface area contributed by atoms with E-state index in [9.17, 15) is 4.79 Å². The molecule has 3 aromatic rings. The molecule has 1 aliphatic heterocycles. The number of nitrogens with zero attached hydrogens (tertiary/aromatic N) is 1. The Morgan fingerprint density at radius 1 is 1.10 bits per heavy atom. The van der Waals surface area contributed by atoms with Gasteiger partial charge in [-0.05, 0) is 48.9 Å². The second-order valence-electron chi connectivity index (χ2n) is 6.94. The zero-order valence-corrected chi connectivity index (χ0v) is 16.8. The number of nitrogens with one attached hydrogen (secondary N) is 1. The number of pyridine rings is 1. The van der Waals surface area contributed by atoms with Crippen LogP contribution in [0, 0.1) is 0 Å². The molecule has 1 N–H and O–H groups in total. The fraction of sp³-hybridized carbons (Fsp3) is 0.250. The molecule has 2 heterocycles. The van der Waals surface area contributed by atoms with Crippen molar-refractivity contribution >= 4 is 5.91 Å². The molecule has 1 amide bonds. The smallest absolute Gasteiger partial charge is 0.251 e. The van der Waals surface area contributed by atoms with Gasteiger partial charge in [-0.1, -0.05) is 18.2 Å². The van der Waals surface area contributed by atoms with Crippen molar-refractivity contribution in [3.05, 3.63) is 83.7 Å². The number of carbonyl (C=O) groups excluding carboxylic acids is 1. The maximum absolute atomic E-state index is 12.9. The van der Waals surface area contributed by atoms with Crippen LogP contribution in [0.15, 0.2) is 67.0 Å². The highest BCUT2D eigenvalue weighted by atomic mass is 16.5. The highest BCUT2D eigenvalue weighted by Gasteiger charge is 2.23. The maximum atomic E-state index is 12.9. The molecule has 6 nitrogen and oxygen atoms in total. The standard InChI is InChI=1S/C24H24N2O4/c1-2-28-23-15-18(7-8-22(23)30-16-17-9-12-25-13-10-17)24(27)26-20-11-14-29-21-6-4-3-5-19(20)21/h3-10,12-13,15,20H,2,11,14,16H2,1H3,(H,26,27). The van der Waals surface area contributed by atoms with Gasteiger partial charge in [0, 0.05) is 29.9 Å². The van der Waals surface area contributed by atoms with E-state index in [4.69, 9.17) is 14.2 Å². The van der Waals surface area contributed by atoms with E-state index in [1.165, 1.54) is 0 Å². The molecule has 0 radical (unpaired) electrons. The Labute approximate surface area is 175 Å². The first-order chi connectivity index (χ1) is 14.7. The van der Waals surface area contributed by atoms with Crippen LogP contribution in [-0.4, -0.2) is 24.1 Å². The first kappa shape index (κ1) is 19.8. The summed E-state index contributed by atoms with van der Waals surface area (Å²) in [6.07, 6.45) is 4.18. The molecular formula is C24H24N2O4. The molecule has 6 heteroatoms. The summed E-state index contributed by atoms with van der Waals surface area (Å²) in [6, 6.07) is 16.8. The molecular weight excluding hydrogens is 380 g/mol. The van der Waals surface area contributed by atoms with Crippen LogP contribution in [0.1, 0.15) is 40.9 Å². The molecule has 4 rings (SSSR count). The van der Waals surface area contributed by atoms with Crippen LogP contribution < -0.4 is 19.5 Å². The third-order valence-corrected chi connectivity index (χ3v) is 4.91. The molecule has 0 spiro atoms. The molecule has 0 bridgehead atoms. The lowest BCUT2D eigenvalue weighted by Crippen LogP contribution is -2.32. The minimum Gasteiger partial charge on any atom is -0.493 e. The Morgan fingerprint density at radius 3 is 2.77 bits per heavy atom. The van der Waals surface area contributed by atoms with Gasteiger partial charge in [0.1, 0.15) is 12.4 Å². The number of benzene rings is 2. The summed E-state index contributed by atoms with van der Waals surface area (Å²) in [5.74, 6) is 1.82. The average Bonchev–Trinajstić information content (AvgIpc) is 2.79. The Kier molecular flexibility index (Phi) is 6.13. The lowest BCUT2D eigenvalue weighted by atomic mass is 10.00. The molecule has 0 saturated carbocycles. The fourth-order valence-electron chi connectivity index (χ4n) is 3.41. The number of ether oxygens (including phenoxy) is 3.